The molecule has 0 aliphatic carbocycles. The zero-order valence-corrected chi connectivity index (χ0v) is 10.8. The van der Waals surface area contributed by atoms with Crippen molar-refractivity contribution in [3.63, 3.8) is 0 Å². The summed E-state index contributed by atoms with van der Waals surface area (Å²) in [5.74, 6) is 0.579. The number of nitrogens with zero attached hydrogens (tertiary/aromatic N) is 3. The third-order valence-electron chi connectivity index (χ3n) is 2.97. The van der Waals surface area contributed by atoms with Crippen molar-refractivity contribution in [3.8, 4) is 0 Å². The maximum atomic E-state index is 5.66. The Balaban J connectivity index is 2.10. The molecule has 2 aromatic heterocycles. The van der Waals surface area contributed by atoms with E-state index in [4.69, 9.17) is 11.8 Å². The molecular formula is C14H11ClN4. The Labute approximate surface area is 115 Å². The van der Waals surface area contributed by atoms with Gasteiger partial charge in [0.2, 0.25) is 0 Å². The maximum Gasteiger partial charge on any atom is 0.170 e. The summed E-state index contributed by atoms with van der Waals surface area (Å²) < 4.78 is 0. The van der Waals surface area contributed by atoms with Crippen LogP contribution in [0.25, 0.3) is 10.8 Å². The maximum absolute atomic E-state index is 5.66. The first-order chi connectivity index (χ1) is 9.38. The number of pyridine rings is 1. The molecule has 5 heteroatoms. The second-order valence-electron chi connectivity index (χ2n) is 4.17. The molecule has 0 spiro atoms. The van der Waals surface area contributed by atoms with Gasteiger partial charge in [-0.05, 0) is 17.7 Å². The van der Waals surface area contributed by atoms with E-state index in [0.29, 0.717) is 5.82 Å². The minimum Gasteiger partial charge on any atom is -0.281 e. The molecular weight excluding hydrogens is 260 g/mol. The number of rotatable bonds is 3. The lowest BCUT2D eigenvalue weighted by atomic mass is 10.1. The highest BCUT2D eigenvalue weighted by molar-refractivity contribution is 6.25. The normalized spacial score (nSPS) is 10.6. The van der Waals surface area contributed by atoms with Gasteiger partial charge in [-0.15, -0.1) is 5.10 Å². The summed E-state index contributed by atoms with van der Waals surface area (Å²) in [5.41, 5.74) is 2.08. The minimum atomic E-state index is 0.579. The highest BCUT2D eigenvalue weighted by Crippen LogP contribution is 2.24. The summed E-state index contributed by atoms with van der Waals surface area (Å²) >= 11 is 5.66. The van der Waals surface area contributed by atoms with Gasteiger partial charge < -0.3 is 0 Å². The summed E-state index contributed by atoms with van der Waals surface area (Å²) in [6.07, 6.45) is 4.28. The van der Waals surface area contributed by atoms with Crippen LogP contribution in [0.1, 0.15) is 11.3 Å². The SMILES string of the molecule is ClNc1nnc(Cc2ccncc2)c2ccccc12. The van der Waals surface area contributed by atoms with Crippen molar-refractivity contribution < 1.29 is 0 Å². The Hall–Kier alpha value is -2.20. The summed E-state index contributed by atoms with van der Waals surface area (Å²) in [6, 6.07) is 11.9. The van der Waals surface area contributed by atoms with Crippen LogP contribution in [-0.4, -0.2) is 15.2 Å². The van der Waals surface area contributed by atoms with Crippen LogP contribution in [0.3, 0.4) is 0 Å². The third kappa shape index (κ3) is 2.35. The van der Waals surface area contributed by atoms with Crippen LogP contribution in [0.15, 0.2) is 48.8 Å². The van der Waals surface area contributed by atoms with E-state index >= 15 is 0 Å². The summed E-state index contributed by atoms with van der Waals surface area (Å²) in [4.78, 5) is 6.56. The van der Waals surface area contributed by atoms with E-state index in [-0.39, 0.29) is 0 Å². The average Bonchev–Trinajstić information content (AvgIpc) is 2.49. The van der Waals surface area contributed by atoms with E-state index < -0.39 is 0 Å². The van der Waals surface area contributed by atoms with Crippen molar-refractivity contribution >= 4 is 28.4 Å². The Morgan fingerprint density at radius 3 is 2.42 bits per heavy atom. The molecule has 0 fully saturated rings. The Kier molecular flexibility index (Phi) is 3.25. The summed E-state index contributed by atoms with van der Waals surface area (Å²) in [6.45, 7) is 0. The largest absolute Gasteiger partial charge is 0.281 e. The van der Waals surface area contributed by atoms with Crippen LogP contribution >= 0.6 is 11.8 Å². The second-order valence-corrected chi connectivity index (χ2v) is 4.36. The van der Waals surface area contributed by atoms with Gasteiger partial charge in [-0.3, -0.25) is 9.82 Å². The van der Waals surface area contributed by atoms with E-state index in [1.54, 1.807) is 12.4 Å². The van der Waals surface area contributed by atoms with Crippen molar-refractivity contribution in [1.82, 2.24) is 15.2 Å². The molecule has 0 amide bonds. The van der Waals surface area contributed by atoms with E-state index in [9.17, 15) is 0 Å². The predicted molar refractivity (Wildman–Crippen MR) is 76.1 cm³/mol. The minimum absolute atomic E-state index is 0.579. The van der Waals surface area contributed by atoms with Crippen molar-refractivity contribution in [2.75, 3.05) is 4.84 Å². The number of halogens is 1. The number of fused-ring (bicyclic) bond motifs is 1. The monoisotopic (exact) mass is 270 g/mol. The number of anilines is 1. The van der Waals surface area contributed by atoms with Crippen molar-refractivity contribution in [2.24, 2.45) is 0 Å². The number of hydrogen-bond acceptors (Lipinski definition) is 4. The molecule has 3 aromatic rings. The molecule has 19 heavy (non-hydrogen) atoms. The highest BCUT2D eigenvalue weighted by Gasteiger charge is 2.08. The number of nitrogens with one attached hydrogen (secondary N) is 1. The van der Waals surface area contributed by atoms with Crippen LogP contribution in [0.4, 0.5) is 5.82 Å². The smallest absolute Gasteiger partial charge is 0.170 e. The molecule has 0 atom stereocenters. The van der Waals surface area contributed by atoms with Crippen molar-refractivity contribution in [3.05, 3.63) is 60.0 Å². The van der Waals surface area contributed by atoms with Gasteiger partial charge >= 0.3 is 0 Å². The zero-order chi connectivity index (χ0) is 13.1. The van der Waals surface area contributed by atoms with Gasteiger partial charge in [-0.1, -0.05) is 24.3 Å². The standard InChI is InChI=1S/C14H11ClN4/c15-17-14-12-4-2-1-3-11(12)13(18-19-14)9-10-5-7-16-8-6-10/h1-8H,9H2,(H,17,19). The van der Waals surface area contributed by atoms with E-state index in [1.165, 1.54) is 0 Å². The fourth-order valence-electron chi connectivity index (χ4n) is 2.05. The fraction of sp³-hybridized carbons (Fsp3) is 0.0714. The Morgan fingerprint density at radius 2 is 1.68 bits per heavy atom. The van der Waals surface area contributed by atoms with Gasteiger partial charge in [0.15, 0.2) is 5.82 Å². The molecule has 3 rings (SSSR count). The zero-order valence-electron chi connectivity index (χ0n) is 10.0. The Morgan fingerprint density at radius 1 is 0.947 bits per heavy atom. The summed E-state index contributed by atoms with van der Waals surface area (Å²) in [5, 5.41) is 10.4. The molecule has 0 aliphatic rings. The lowest BCUT2D eigenvalue weighted by molar-refractivity contribution is 0.963. The number of benzene rings is 1. The lowest BCUT2D eigenvalue weighted by Crippen LogP contribution is -1.99. The van der Waals surface area contributed by atoms with Crippen LogP contribution in [-0.2, 0) is 6.42 Å². The van der Waals surface area contributed by atoms with Crippen LogP contribution in [0.5, 0.6) is 0 Å². The third-order valence-corrected chi connectivity index (χ3v) is 3.15. The molecule has 2 heterocycles. The van der Waals surface area contributed by atoms with Gasteiger partial charge in [0.05, 0.1) is 5.69 Å². The quantitative estimate of drug-likeness (QED) is 0.743. The molecule has 0 aliphatic heterocycles. The molecule has 0 bridgehead atoms. The Bertz CT molecular complexity index is 700. The number of hydrogen-bond donors (Lipinski definition) is 1. The van der Waals surface area contributed by atoms with Crippen LogP contribution in [0.2, 0.25) is 0 Å². The van der Waals surface area contributed by atoms with E-state index in [0.717, 1.165) is 28.5 Å². The molecule has 1 aromatic carbocycles. The number of aromatic nitrogens is 3. The molecule has 0 saturated carbocycles. The average molecular weight is 271 g/mol. The van der Waals surface area contributed by atoms with E-state index in [2.05, 4.69) is 20.0 Å². The topological polar surface area (TPSA) is 50.7 Å². The van der Waals surface area contributed by atoms with Gasteiger partial charge in [-0.2, -0.15) is 5.10 Å². The van der Waals surface area contributed by atoms with Gasteiger partial charge in [0.1, 0.15) is 0 Å². The fourth-order valence-corrected chi connectivity index (χ4v) is 2.19. The van der Waals surface area contributed by atoms with Gasteiger partial charge in [0, 0.05) is 41.4 Å². The molecule has 0 unspecified atom stereocenters. The molecule has 0 saturated heterocycles. The van der Waals surface area contributed by atoms with Crippen LogP contribution in [0, 0.1) is 0 Å². The van der Waals surface area contributed by atoms with Crippen molar-refractivity contribution in [2.45, 2.75) is 6.42 Å². The first-order valence-electron chi connectivity index (χ1n) is 5.88. The lowest BCUT2D eigenvalue weighted by Gasteiger charge is -2.07. The molecule has 4 nitrogen and oxygen atoms in total. The van der Waals surface area contributed by atoms with Gasteiger partial charge in [0.25, 0.3) is 0 Å². The molecule has 0 radical (unpaired) electrons. The predicted octanol–water partition coefficient (Wildman–Crippen LogP) is 3.18. The molecule has 1 N–H and O–H groups in total. The molecule has 94 valence electrons. The van der Waals surface area contributed by atoms with Crippen molar-refractivity contribution in [1.29, 1.82) is 0 Å². The first kappa shape index (κ1) is 11.9. The van der Waals surface area contributed by atoms with Crippen LogP contribution < -0.4 is 4.84 Å². The van der Waals surface area contributed by atoms with Gasteiger partial charge in [-0.25, -0.2) is 0 Å². The summed E-state index contributed by atoms with van der Waals surface area (Å²) in [7, 11) is 0. The van der Waals surface area contributed by atoms with E-state index in [1.807, 2.05) is 36.4 Å². The first-order valence-corrected chi connectivity index (χ1v) is 6.26. The highest BCUT2D eigenvalue weighted by atomic mass is 35.5. The second kappa shape index (κ2) is 5.20.